The van der Waals surface area contributed by atoms with Crippen molar-refractivity contribution in [3.63, 3.8) is 0 Å². The lowest BCUT2D eigenvalue weighted by Crippen LogP contribution is -2.36. The molecule has 8 heteroatoms. The highest BCUT2D eigenvalue weighted by Crippen LogP contribution is 2.41. The standard InChI is InChI=1S/C24H23Cl2NO5/c1-2-31-24(30)14-7-9-27(10-8-14)13-18-20(28)6-5-17-22(29)21(32-23(17)18)11-15-3-4-16(25)12-19(15)26/h3-6,11-12,14,28H,2,7-10,13H2,1H3/b21-11+. The van der Waals surface area contributed by atoms with Crippen LogP contribution in [-0.4, -0.2) is 41.5 Å². The summed E-state index contributed by atoms with van der Waals surface area (Å²) < 4.78 is 11.0. The molecular formula is C24H23Cl2NO5. The van der Waals surface area contributed by atoms with Gasteiger partial charge in [-0.15, -0.1) is 0 Å². The van der Waals surface area contributed by atoms with Crippen LogP contribution in [-0.2, 0) is 16.1 Å². The lowest BCUT2D eigenvalue weighted by atomic mass is 9.96. The molecule has 0 aromatic heterocycles. The number of allylic oxidation sites excluding steroid dienone is 1. The maximum absolute atomic E-state index is 12.9. The number of likely N-dealkylation sites (tertiary alicyclic amines) is 1. The zero-order valence-corrected chi connectivity index (χ0v) is 19.1. The lowest BCUT2D eigenvalue weighted by Gasteiger charge is -2.31. The molecular weight excluding hydrogens is 453 g/mol. The van der Waals surface area contributed by atoms with Gasteiger partial charge in [0.2, 0.25) is 5.78 Å². The highest BCUT2D eigenvalue weighted by molar-refractivity contribution is 6.35. The van der Waals surface area contributed by atoms with Gasteiger partial charge < -0.3 is 14.6 Å². The number of hydrogen-bond donors (Lipinski definition) is 1. The van der Waals surface area contributed by atoms with Gasteiger partial charge in [-0.25, -0.2) is 0 Å². The second-order valence-corrected chi connectivity index (χ2v) is 8.69. The number of fused-ring (bicyclic) bond motifs is 1. The zero-order valence-electron chi connectivity index (χ0n) is 17.6. The van der Waals surface area contributed by atoms with Crippen LogP contribution < -0.4 is 4.74 Å². The first-order chi connectivity index (χ1) is 15.4. The number of esters is 1. The monoisotopic (exact) mass is 475 g/mol. The zero-order chi connectivity index (χ0) is 22.8. The molecule has 32 heavy (non-hydrogen) atoms. The molecule has 1 saturated heterocycles. The van der Waals surface area contributed by atoms with E-state index >= 15 is 0 Å². The van der Waals surface area contributed by atoms with Gasteiger partial charge in [0, 0.05) is 16.6 Å². The maximum atomic E-state index is 12.9. The Balaban J connectivity index is 1.53. The van der Waals surface area contributed by atoms with E-state index in [0.717, 1.165) is 0 Å². The molecule has 0 unspecified atom stereocenters. The Morgan fingerprint density at radius 3 is 2.69 bits per heavy atom. The van der Waals surface area contributed by atoms with E-state index < -0.39 is 0 Å². The van der Waals surface area contributed by atoms with Gasteiger partial charge in [-0.3, -0.25) is 14.5 Å². The van der Waals surface area contributed by atoms with Gasteiger partial charge in [0.15, 0.2) is 5.76 Å². The maximum Gasteiger partial charge on any atom is 0.309 e. The highest BCUT2D eigenvalue weighted by Gasteiger charge is 2.33. The number of aromatic hydroxyl groups is 1. The molecule has 0 aliphatic carbocycles. The normalized spacial score (nSPS) is 18.0. The molecule has 0 saturated carbocycles. The van der Waals surface area contributed by atoms with Gasteiger partial charge in [-0.05, 0) is 68.8 Å². The second-order valence-electron chi connectivity index (χ2n) is 7.85. The van der Waals surface area contributed by atoms with Gasteiger partial charge in [0.25, 0.3) is 0 Å². The number of ether oxygens (including phenoxy) is 2. The number of nitrogens with zero attached hydrogens (tertiary/aromatic N) is 1. The summed E-state index contributed by atoms with van der Waals surface area (Å²) in [4.78, 5) is 27.0. The fraction of sp³-hybridized carbons (Fsp3) is 0.333. The Kier molecular flexibility index (Phi) is 6.74. The van der Waals surface area contributed by atoms with Crippen molar-refractivity contribution in [1.29, 1.82) is 0 Å². The summed E-state index contributed by atoms with van der Waals surface area (Å²) in [6.07, 6.45) is 2.95. The fourth-order valence-corrected chi connectivity index (χ4v) is 4.48. The Morgan fingerprint density at radius 1 is 1.25 bits per heavy atom. The van der Waals surface area contributed by atoms with E-state index in [4.69, 9.17) is 32.7 Å². The Morgan fingerprint density at radius 2 is 2.00 bits per heavy atom. The van der Waals surface area contributed by atoms with Crippen LogP contribution in [0.2, 0.25) is 10.0 Å². The van der Waals surface area contributed by atoms with Gasteiger partial charge >= 0.3 is 5.97 Å². The summed E-state index contributed by atoms with van der Waals surface area (Å²) in [5, 5.41) is 11.4. The van der Waals surface area contributed by atoms with Crippen molar-refractivity contribution < 1.29 is 24.2 Å². The highest BCUT2D eigenvalue weighted by atomic mass is 35.5. The van der Waals surface area contributed by atoms with Crippen LogP contribution in [0.15, 0.2) is 36.1 Å². The average Bonchev–Trinajstić information content (AvgIpc) is 3.08. The molecule has 6 nitrogen and oxygen atoms in total. The number of phenols is 1. The van der Waals surface area contributed by atoms with Crippen molar-refractivity contribution in [3.8, 4) is 11.5 Å². The molecule has 0 amide bonds. The van der Waals surface area contributed by atoms with E-state index in [1.807, 2.05) is 0 Å². The summed E-state index contributed by atoms with van der Waals surface area (Å²) in [6.45, 7) is 3.96. The third-order valence-electron chi connectivity index (χ3n) is 5.75. The van der Waals surface area contributed by atoms with Crippen molar-refractivity contribution in [2.45, 2.75) is 26.3 Å². The van der Waals surface area contributed by atoms with Gasteiger partial charge in [-0.2, -0.15) is 0 Å². The van der Waals surface area contributed by atoms with E-state index in [1.165, 1.54) is 6.07 Å². The molecule has 2 aromatic carbocycles. The third-order valence-corrected chi connectivity index (χ3v) is 6.32. The van der Waals surface area contributed by atoms with E-state index in [9.17, 15) is 14.7 Å². The van der Waals surface area contributed by atoms with Crippen LogP contribution in [0.25, 0.3) is 6.08 Å². The van der Waals surface area contributed by atoms with Crippen molar-refractivity contribution >= 4 is 41.0 Å². The van der Waals surface area contributed by atoms with Crippen LogP contribution in [0.5, 0.6) is 11.5 Å². The summed E-state index contributed by atoms with van der Waals surface area (Å²) in [7, 11) is 0. The van der Waals surface area contributed by atoms with Crippen LogP contribution >= 0.6 is 23.2 Å². The molecule has 0 bridgehead atoms. The summed E-state index contributed by atoms with van der Waals surface area (Å²) in [5.41, 5.74) is 1.56. The molecule has 1 fully saturated rings. The summed E-state index contributed by atoms with van der Waals surface area (Å²) >= 11 is 12.2. The van der Waals surface area contributed by atoms with Crippen molar-refractivity contribution in [2.75, 3.05) is 19.7 Å². The summed E-state index contributed by atoms with van der Waals surface area (Å²) in [5.74, 6) is 0.0389. The minimum atomic E-state index is -0.270. The van der Waals surface area contributed by atoms with Gasteiger partial charge in [0.05, 0.1) is 23.7 Å². The molecule has 2 aliphatic rings. The topological polar surface area (TPSA) is 76.1 Å². The third kappa shape index (κ3) is 4.63. The lowest BCUT2D eigenvalue weighted by molar-refractivity contribution is -0.149. The first kappa shape index (κ1) is 22.6. The van der Waals surface area contributed by atoms with Crippen molar-refractivity contribution in [3.05, 3.63) is 62.8 Å². The van der Waals surface area contributed by atoms with E-state index in [1.54, 1.807) is 37.3 Å². The second kappa shape index (κ2) is 9.53. The fourth-order valence-electron chi connectivity index (χ4n) is 4.02. The van der Waals surface area contributed by atoms with Crippen LogP contribution in [0, 0.1) is 5.92 Å². The van der Waals surface area contributed by atoms with Crippen molar-refractivity contribution in [2.24, 2.45) is 5.92 Å². The predicted molar refractivity (Wildman–Crippen MR) is 122 cm³/mol. The van der Waals surface area contributed by atoms with Crippen LogP contribution in [0.1, 0.15) is 41.3 Å². The molecule has 2 heterocycles. The number of benzene rings is 2. The SMILES string of the molecule is CCOC(=O)C1CCN(Cc2c(O)ccc3c2O/C(=C/c2ccc(Cl)cc2Cl)C3=O)CC1. The smallest absolute Gasteiger partial charge is 0.309 e. The number of carbonyl (C=O) groups excluding carboxylic acids is 2. The molecule has 2 aliphatic heterocycles. The first-order valence-corrected chi connectivity index (χ1v) is 11.3. The number of Topliss-reactive ketones (excluding diaryl/α,β-unsaturated/α-hetero) is 1. The number of hydrogen-bond acceptors (Lipinski definition) is 6. The number of rotatable bonds is 5. The largest absolute Gasteiger partial charge is 0.507 e. The number of carbonyl (C=O) groups is 2. The summed E-state index contributed by atoms with van der Waals surface area (Å²) in [6, 6.07) is 8.07. The van der Waals surface area contributed by atoms with Gasteiger partial charge in [-0.1, -0.05) is 29.3 Å². The number of ketones is 1. The number of halogens is 2. The van der Waals surface area contributed by atoms with E-state index in [0.29, 0.717) is 71.6 Å². The molecule has 0 radical (unpaired) electrons. The van der Waals surface area contributed by atoms with Crippen LogP contribution in [0.4, 0.5) is 0 Å². The average molecular weight is 476 g/mol. The minimum absolute atomic E-state index is 0.0647. The number of phenolic OH excluding ortho intramolecular Hbond substituents is 1. The quantitative estimate of drug-likeness (QED) is 0.479. The van der Waals surface area contributed by atoms with E-state index in [2.05, 4.69) is 4.90 Å². The van der Waals surface area contributed by atoms with Crippen LogP contribution in [0.3, 0.4) is 0 Å². The predicted octanol–water partition coefficient (Wildman–Crippen LogP) is 5.09. The minimum Gasteiger partial charge on any atom is -0.507 e. The molecule has 0 atom stereocenters. The molecule has 4 rings (SSSR count). The van der Waals surface area contributed by atoms with Gasteiger partial charge in [0.1, 0.15) is 11.5 Å². The number of piperidine rings is 1. The Hall–Kier alpha value is -2.54. The Labute approximate surface area is 196 Å². The molecule has 0 spiro atoms. The molecule has 2 aromatic rings. The Bertz CT molecular complexity index is 1090. The van der Waals surface area contributed by atoms with Crippen molar-refractivity contribution in [1.82, 2.24) is 4.90 Å². The molecule has 168 valence electrons. The first-order valence-electron chi connectivity index (χ1n) is 10.5. The van der Waals surface area contributed by atoms with E-state index in [-0.39, 0.29) is 29.2 Å². The molecule has 1 N–H and O–H groups in total.